The van der Waals surface area contributed by atoms with E-state index in [2.05, 4.69) is 0 Å². The summed E-state index contributed by atoms with van der Waals surface area (Å²) in [4.78, 5) is 0. The summed E-state index contributed by atoms with van der Waals surface area (Å²) in [6.07, 6.45) is 0. The van der Waals surface area contributed by atoms with Gasteiger partial charge < -0.3 is 16.5 Å². The van der Waals surface area contributed by atoms with Gasteiger partial charge in [0.15, 0.2) is 0 Å². The van der Waals surface area contributed by atoms with Gasteiger partial charge in [-0.2, -0.15) is 0 Å². The van der Waals surface area contributed by atoms with Gasteiger partial charge in [-0.25, -0.2) is 0 Å². The maximum Gasteiger partial charge on any atom is 1.00 e. The molecule has 1 radical (unpaired) electrons. The summed E-state index contributed by atoms with van der Waals surface area (Å²) in [6.45, 7) is 0. The van der Waals surface area contributed by atoms with E-state index in [0.29, 0.717) is 0 Å². The monoisotopic (exact) mass is 237 g/mol. The molecule has 0 aliphatic carbocycles. The normalized spacial score (nSPS) is 4.50. The minimum atomic E-state index is -2.17. The molecule has 0 aromatic heterocycles. The molecule has 0 bridgehead atoms. The second-order valence-corrected chi connectivity index (χ2v) is 0.346. The molecule has 0 saturated heterocycles. The molecule has 3 nitrogen and oxygen atoms in total. The Bertz CT molecular complexity index is 19.7. The minimum Gasteiger partial charge on any atom is -1.00 e. The van der Waals surface area contributed by atoms with E-state index in [-0.39, 0.29) is 92.3 Å². The summed E-state index contributed by atoms with van der Waals surface area (Å²) < 4.78 is 0. The van der Waals surface area contributed by atoms with E-state index < -0.39 is 7.32 Å². The molecule has 0 saturated carbocycles. The molecule has 0 amide bonds. The van der Waals surface area contributed by atoms with Crippen LogP contribution < -0.4 is 58.2 Å². The SMILES string of the molecule is OB(O)O.[H-].[Rb+].[Y]. The molecule has 6 heavy (non-hydrogen) atoms. The van der Waals surface area contributed by atoms with Crippen molar-refractivity contribution in [2.24, 2.45) is 0 Å². The van der Waals surface area contributed by atoms with Crippen LogP contribution in [0.2, 0.25) is 0 Å². The van der Waals surface area contributed by atoms with E-state index in [1.54, 1.807) is 0 Å². The number of hydrogen-bond acceptors (Lipinski definition) is 3. The van der Waals surface area contributed by atoms with E-state index in [9.17, 15) is 0 Å². The third-order valence-electron chi connectivity index (χ3n) is 0. The van der Waals surface area contributed by atoms with Gasteiger partial charge in [-0.15, -0.1) is 0 Å². The second-order valence-electron chi connectivity index (χ2n) is 0.346. The molecule has 0 atom stereocenters. The van der Waals surface area contributed by atoms with Crippen LogP contribution in [-0.4, -0.2) is 22.4 Å². The Morgan fingerprint density at radius 3 is 1.17 bits per heavy atom. The first-order valence-electron chi connectivity index (χ1n) is 0.775. The average Bonchev–Trinajstić information content (AvgIpc) is 0.811. The van der Waals surface area contributed by atoms with E-state index in [1.165, 1.54) is 0 Å². The van der Waals surface area contributed by atoms with Gasteiger partial charge in [0.05, 0.1) is 0 Å². The van der Waals surface area contributed by atoms with Crippen LogP contribution in [-0.2, 0) is 32.7 Å². The van der Waals surface area contributed by atoms with E-state index in [1.807, 2.05) is 0 Å². The largest absolute Gasteiger partial charge is 1.00 e. The zero-order valence-corrected chi connectivity index (χ0v) is 11.3. The quantitative estimate of drug-likeness (QED) is 0.370. The molecule has 0 aromatic carbocycles. The molecule has 0 unspecified atom stereocenters. The van der Waals surface area contributed by atoms with Crippen LogP contribution in [0.4, 0.5) is 0 Å². The summed E-state index contributed by atoms with van der Waals surface area (Å²) in [5.74, 6) is 0. The van der Waals surface area contributed by atoms with Gasteiger partial charge in [0.2, 0.25) is 0 Å². The van der Waals surface area contributed by atoms with Gasteiger partial charge >= 0.3 is 65.5 Å². The molecule has 0 aromatic rings. The summed E-state index contributed by atoms with van der Waals surface area (Å²) in [5, 5.41) is 21.5. The van der Waals surface area contributed by atoms with Crippen LogP contribution in [0.15, 0.2) is 0 Å². The molecule has 3 N–H and O–H groups in total. The predicted octanol–water partition coefficient (Wildman–Crippen LogP) is -4.94. The molecule has 0 aliphatic heterocycles. The molecular formula is H4BO3RbY. The van der Waals surface area contributed by atoms with Crippen molar-refractivity contribution in [2.45, 2.75) is 0 Å². The van der Waals surface area contributed by atoms with Crippen LogP contribution in [0.5, 0.6) is 0 Å². The van der Waals surface area contributed by atoms with Crippen molar-refractivity contribution in [3.8, 4) is 0 Å². The van der Waals surface area contributed by atoms with E-state index in [4.69, 9.17) is 15.1 Å². The van der Waals surface area contributed by atoms with Crippen LogP contribution in [0.25, 0.3) is 0 Å². The standard InChI is InChI=1S/BH3O3.Rb.Y.H/c2-1(3)4;;;/h2-4H;;;/q;+1;;-1. The van der Waals surface area contributed by atoms with Crippen molar-refractivity contribution < 1.29 is 107 Å². The first-order valence-corrected chi connectivity index (χ1v) is 0.775. The Balaban J connectivity index is -0.0000000150. The van der Waals surface area contributed by atoms with Gasteiger partial charge in [0, 0.05) is 32.7 Å². The molecule has 0 aliphatic rings. The first-order chi connectivity index (χ1) is 1.73. The van der Waals surface area contributed by atoms with E-state index in [0.717, 1.165) is 0 Å². The molecular weight excluding hydrogens is 233 g/mol. The number of rotatable bonds is 0. The van der Waals surface area contributed by atoms with Gasteiger partial charge in [0.1, 0.15) is 0 Å². The zero-order chi connectivity index (χ0) is 3.58. The van der Waals surface area contributed by atoms with Crippen LogP contribution in [0.3, 0.4) is 0 Å². The summed E-state index contributed by atoms with van der Waals surface area (Å²) in [6, 6.07) is 0. The van der Waals surface area contributed by atoms with Gasteiger partial charge in [-0.05, 0) is 0 Å². The van der Waals surface area contributed by atoms with E-state index >= 15 is 0 Å². The number of hydrogen-bond donors (Lipinski definition) is 3. The fraction of sp³-hybridized carbons (Fsp3) is 0. The van der Waals surface area contributed by atoms with Crippen LogP contribution >= 0.6 is 0 Å². The fourth-order valence-electron chi connectivity index (χ4n) is 0. The van der Waals surface area contributed by atoms with Crippen molar-refractivity contribution in [3.63, 3.8) is 0 Å². The summed E-state index contributed by atoms with van der Waals surface area (Å²) >= 11 is 0. The molecule has 29 valence electrons. The Morgan fingerprint density at radius 1 is 1.17 bits per heavy atom. The topological polar surface area (TPSA) is 60.7 Å². The third-order valence-corrected chi connectivity index (χ3v) is 0. The Morgan fingerprint density at radius 2 is 1.17 bits per heavy atom. The Labute approximate surface area is 112 Å². The second kappa shape index (κ2) is 10.8. The molecule has 0 heterocycles. The minimum absolute atomic E-state index is 0. The first kappa shape index (κ1) is 15.9. The smallest absolute Gasteiger partial charge is 1.00 e. The fourth-order valence-corrected chi connectivity index (χ4v) is 0. The Hall–Kier alpha value is 2.85. The molecule has 0 spiro atoms. The van der Waals surface area contributed by atoms with Gasteiger partial charge in [-0.1, -0.05) is 0 Å². The Kier molecular flexibility index (Phi) is 28.6. The summed E-state index contributed by atoms with van der Waals surface area (Å²) in [7, 11) is -2.17. The van der Waals surface area contributed by atoms with Crippen LogP contribution in [0, 0.1) is 0 Å². The third kappa shape index (κ3) is 28.8. The van der Waals surface area contributed by atoms with Gasteiger partial charge in [0.25, 0.3) is 0 Å². The molecule has 6 heteroatoms. The van der Waals surface area contributed by atoms with Crippen molar-refractivity contribution in [1.29, 1.82) is 0 Å². The maximum atomic E-state index is 7.17. The molecule has 0 rings (SSSR count). The van der Waals surface area contributed by atoms with Crippen molar-refractivity contribution >= 4 is 7.32 Å². The average molecular weight is 237 g/mol. The van der Waals surface area contributed by atoms with Crippen LogP contribution in [0.1, 0.15) is 1.43 Å². The molecule has 0 fully saturated rings. The van der Waals surface area contributed by atoms with Crippen molar-refractivity contribution in [3.05, 3.63) is 0 Å². The predicted molar refractivity (Wildman–Crippen MR) is 13.5 cm³/mol. The summed E-state index contributed by atoms with van der Waals surface area (Å²) in [5.41, 5.74) is 0. The van der Waals surface area contributed by atoms with Crippen molar-refractivity contribution in [1.82, 2.24) is 0 Å². The van der Waals surface area contributed by atoms with Crippen molar-refractivity contribution in [2.75, 3.05) is 0 Å². The maximum absolute atomic E-state index is 7.17. The van der Waals surface area contributed by atoms with Gasteiger partial charge in [-0.3, -0.25) is 0 Å². The zero-order valence-electron chi connectivity index (χ0n) is 4.50.